The van der Waals surface area contributed by atoms with Gasteiger partial charge in [-0.15, -0.1) is 0 Å². The van der Waals surface area contributed by atoms with E-state index in [9.17, 15) is 4.79 Å². The number of nitrogens with zero attached hydrogens (tertiary/aromatic N) is 5. The average Bonchev–Trinajstić information content (AvgIpc) is 3.36. The number of aromatic nitrogens is 6. The molecule has 0 radical (unpaired) electrons. The summed E-state index contributed by atoms with van der Waals surface area (Å²) in [7, 11) is 1.64. The van der Waals surface area contributed by atoms with Gasteiger partial charge in [0.25, 0.3) is 0 Å². The van der Waals surface area contributed by atoms with E-state index in [1.54, 1.807) is 7.11 Å². The lowest BCUT2D eigenvalue weighted by Crippen LogP contribution is -2.12. The van der Waals surface area contributed by atoms with Gasteiger partial charge in [0.1, 0.15) is 34.6 Å². The maximum atomic E-state index is 12.3. The number of hydrogen-bond donors (Lipinski definition) is 2. The number of fused-ring (bicyclic) bond motifs is 3. The van der Waals surface area contributed by atoms with Crippen molar-refractivity contribution in [1.29, 1.82) is 0 Å². The molecule has 6 rings (SSSR count). The smallest absolute Gasteiger partial charge is 0.245 e. The van der Waals surface area contributed by atoms with Gasteiger partial charge >= 0.3 is 0 Å². The summed E-state index contributed by atoms with van der Waals surface area (Å²) >= 11 is 0. The molecule has 4 aromatic heterocycles. The lowest BCUT2D eigenvalue weighted by atomic mass is 10.0. The molecule has 1 fully saturated rings. The molecule has 0 saturated heterocycles. The van der Waals surface area contributed by atoms with Gasteiger partial charge < -0.3 is 19.6 Å². The Kier molecular flexibility index (Phi) is 4.67. The summed E-state index contributed by atoms with van der Waals surface area (Å²) in [4.78, 5) is 25.0. The zero-order valence-electron chi connectivity index (χ0n) is 20.2. The third-order valence-electron chi connectivity index (χ3n) is 6.45. The van der Waals surface area contributed by atoms with Gasteiger partial charge in [-0.05, 0) is 45.7 Å². The summed E-state index contributed by atoms with van der Waals surface area (Å²) < 4.78 is 12.6. The molecule has 1 saturated carbocycles. The highest BCUT2D eigenvalue weighted by Crippen LogP contribution is 2.42. The highest BCUT2D eigenvalue weighted by atomic mass is 16.5. The van der Waals surface area contributed by atoms with E-state index in [1.807, 2.05) is 39.0 Å². The molecule has 0 unspecified atom stereocenters. The number of anilines is 2. The Morgan fingerprint density at radius 3 is 2.66 bits per heavy atom. The monoisotopic (exact) mass is 471 g/mol. The second-order valence-corrected chi connectivity index (χ2v) is 9.05. The third-order valence-corrected chi connectivity index (χ3v) is 6.45. The Morgan fingerprint density at radius 1 is 1.20 bits per heavy atom. The van der Waals surface area contributed by atoms with Crippen LogP contribution in [0.2, 0.25) is 0 Å². The largest absolute Gasteiger partial charge is 0.496 e. The first-order valence-corrected chi connectivity index (χ1v) is 11.5. The number of benzene rings is 1. The number of rotatable bonds is 5. The Hall–Kier alpha value is -4.21. The molecule has 2 N–H and O–H groups in total. The summed E-state index contributed by atoms with van der Waals surface area (Å²) in [5.41, 5.74) is 5.06. The van der Waals surface area contributed by atoms with Gasteiger partial charge in [-0.3, -0.25) is 4.79 Å². The number of hydrogen-bond acceptors (Lipinski definition) is 8. The standard InChI is InChI=1S/C25H25N7O3/c1-11-22(12(2)35-31-11)17-8-19-16(9-20(17)34-5)23-24(28-19)26-13(3)27-25(23)29-21-10-18(15-6-7-15)30-32(21)14(4)33/h8-10,15H,6-7H2,1-5H3,(H2,26,27,28,29). The number of nitrogens with one attached hydrogen (secondary N) is 2. The highest BCUT2D eigenvalue weighted by Gasteiger charge is 2.28. The predicted octanol–water partition coefficient (Wildman–Crippen LogP) is 5.18. The summed E-state index contributed by atoms with van der Waals surface area (Å²) in [6.45, 7) is 7.13. The van der Waals surface area contributed by atoms with Crippen LogP contribution < -0.4 is 10.1 Å². The molecule has 0 atom stereocenters. The lowest BCUT2D eigenvalue weighted by Gasteiger charge is -2.10. The molecular formula is C25H25N7O3. The Labute approximate surface area is 200 Å². The van der Waals surface area contributed by atoms with Crippen molar-refractivity contribution in [2.24, 2.45) is 0 Å². The summed E-state index contributed by atoms with van der Waals surface area (Å²) in [5, 5.41) is 13.7. The van der Waals surface area contributed by atoms with E-state index in [4.69, 9.17) is 9.26 Å². The Morgan fingerprint density at radius 2 is 2.00 bits per heavy atom. The molecule has 5 aromatic rings. The van der Waals surface area contributed by atoms with E-state index >= 15 is 0 Å². The first-order chi connectivity index (χ1) is 16.8. The summed E-state index contributed by atoms with van der Waals surface area (Å²) in [6.07, 6.45) is 2.20. The van der Waals surface area contributed by atoms with Gasteiger partial charge in [-0.25, -0.2) is 9.97 Å². The topological polar surface area (TPSA) is 124 Å². The maximum Gasteiger partial charge on any atom is 0.245 e. The number of ether oxygens (including phenoxy) is 1. The van der Waals surface area contributed by atoms with Gasteiger partial charge in [0.15, 0.2) is 0 Å². The van der Waals surface area contributed by atoms with E-state index in [1.165, 1.54) is 11.6 Å². The molecule has 0 amide bonds. The van der Waals surface area contributed by atoms with E-state index in [0.29, 0.717) is 34.8 Å². The second kappa shape index (κ2) is 7.66. The average molecular weight is 472 g/mol. The molecule has 35 heavy (non-hydrogen) atoms. The fourth-order valence-corrected chi connectivity index (χ4v) is 4.69. The van der Waals surface area contributed by atoms with Crippen LogP contribution in [0.25, 0.3) is 33.1 Å². The SMILES string of the molecule is COc1cc2c(cc1-c1c(C)noc1C)[nH]c1nc(C)nc(Nc3cc(C4CC4)nn3C(C)=O)c12. The minimum atomic E-state index is -0.161. The van der Waals surface area contributed by atoms with Crippen molar-refractivity contribution in [1.82, 2.24) is 29.9 Å². The lowest BCUT2D eigenvalue weighted by molar-refractivity contribution is 0.0923. The van der Waals surface area contributed by atoms with Crippen molar-refractivity contribution >= 4 is 39.5 Å². The predicted molar refractivity (Wildman–Crippen MR) is 131 cm³/mol. The van der Waals surface area contributed by atoms with Crippen LogP contribution in [0.3, 0.4) is 0 Å². The van der Waals surface area contributed by atoms with Crippen LogP contribution in [0.5, 0.6) is 5.75 Å². The molecular weight excluding hydrogens is 446 g/mol. The zero-order valence-corrected chi connectivity index (χ0v) is 20.2. The molecule has 0 aliphatic heterocycles. The van der Waals surface area contributed by atoms with E-state index in [-0.39, 0.29) is 5.91 Å². The van der Waals surface area contributed by atoms with Crippen molar-refractivity contribution in [2.75, 3.05) is 12.4 Å². The van der Waals surface area contributed by atoms with Crippen molar-refractivity contribution < 1.29 is 14.1 Å². The molecule has 4 heterocycles. The molecule has 1 aliphatic rings. The van der Waals surface area contributed by atoms with Crippen molar-refractivity contribution in [2.45, 2.75) is 46.5 Å². The number of aryl methyl sites for hydroxylation is 3. The van der Waals surface area contributed by atoms with Gasteiger partial charge in [0.2, 0.25) is 5.91 Å². The molecule has 178 valence electrons. The first kappa shape index (κ1) is 21.3. The van der Waals surface area contributed by atoms with Crippen LogP contribution in [0.15, 0.2) is 22.7 Å². The summed E-state index contributed by atoms with van der Waals surface area (Å²) in [6, 6.07) is 5.93. The molecule has 1 aromatic carbocycles. The van der Waals surface area contributed by atoms with Crippen LogP contribution in [-0.2, 0) is 0 Å². The van der Waals surface area contributed by atoms with Crippen LogP contribution in [-0.4, -0.2) is 42.9 Å². The van der Waals surface area contributed by atoms with Crippen molar-refractivity contribution in [3.63, 3.8) is 0 Å². The number of methoxy groups -OCH3 is 1. The number of carbonyl (C=O) groups is 1. The van der Waals surface area contributed by atoms with Crippen LogP contribution in [0.4, 0.5) is 11.6 Å². The fraction of sp³-hybridized carbons (Fsp3) is 0.320. The van der Waals surface area contributed by atoms with Gasteiger partial charge in [-0.1, -0.05) is 5.16 Å². The molecule has 10 heteroatoms. The van der Waals surface area contributed by atoms with Crippen molar-refractivity contribution in [3.05, 3.63) is 41.2 Å². The zero-order chi connectivity index (χ0) is 24.4. The van der Waals surface area contributed by atoms with Crippen LogP contribution in [0.1, 0.15) is 53.5 Å². The first-order valence-electron chi connectivity index (χ1n) is 11.5. The van der Waals surface area contributed by atoms with Gasteiger partial charge in [0.05, 0.1) is 29.4 Å². The summed E-state index contributed by atoms with van der Waals surface area (Å²) in [5.74, 6) is 3.45. The highest BCUT2D eigenvalue weighted by molar-refractivity contribution is 6.13. The van der Waals surface area contributed by atoms with Crippen LogP contribution >= 0.6 is 0 Å². The minimum absolute atomic E-state index is 0.161. The van der Waals surface area contributed by atoms with Crippen LogP contribution in [0, 0.1) is 20.8 Å². The minimum Gasteiger partial charge on any atom is -0.496 e. The van der Waals surface area contributed by atoms with E-state index in [0.717, 1.165) is 57.4 Å². The normalized spacial score (nSPS) is 13.6. The van der Waals surface area contributed by atoms with Crippen molar-refractivity contribution in [3.8, 4) is 16.9 Å². The molecule has 10 nitrogen and oxygen atoms in total. The molecule has 0 spiro atoms. The number of aromatic amines is 1. The number of H-pyrrole nitrogens is 1. The Bertz CT molecular complexity index is 1620. The quantitative estimate of drug-likeness (QED) is 0.359. The van der Waals surface area contributed by atoms with E-state index < -0.39 is 0 Å². The maximum absolute atomic E-state index is 12.3. The number of carbonyl (C=O) groups excluding carboxylic acids is 1. The van der Waals surface area contributed by atoms with Gasteiger partial charge in [-0.2, -0.15) is 9.78 Å². The fourth-order valence-electron chi connectivity index (χ4n) is 4.69. The molecule has 0 bridgehead atoms. The van der Waals surface area contributed by atoms with E-state index in [2.05, 4.69) is 30.5 Å². The third kappa shape index (κ3) is 3.44. The molecule has 1 aliphatic carbocycles. The van der Waals surface area contributed by atoms with Gasteiger partial charge in [0, 0.05) is 35.4 Å². The Balaban J connectivity index is 1.55. The second-order valence-electron chi connectivity index (χ2n) is 9.05.